The molecule has 1 saturated carbocycles. The van der Waals surface area contributed by atoms with E-state index in [-0.39, 0.29) is 12.4 Å². The van der Waals surface area contributed by atoms with E-state index in [1.54, 1.807) is 0 Å². The number of nitrogens with zero attached hydrogens (tertiary/aromatic N) is 2. The molecule has 0 spiro atoms. The molecular weight excluding hydrogens is 162 g/mol. The van der Waals surface area contributed by atoms with Crippen LogP contribution < -0.4 is 5.73 Å². The molecule has 0 atom stereocenters. The van der Waals surface area contributed by atoms with Crippen molar-refractivity contribution in [3.05, 3.63) is 18.2 Å². The second kappa shape index (κ2) is 3.24. The molecule has 1 fully saturated rings. The van der Waals surface area contributed by atoms with Gasteiger partial charge >= 0.3 is 0 Å². The maximum absolute atomic E-state index is 5.48. The normalized spacial score (nSPS) is 16.1. The van der Waals surface area contributed by atoms with E-state index in [1.165, 1.54) is 12.8 Å². The minimum Gasteiger partial charge on any atom is -0.331 e. The Morgan fingerprint density at radius 3 is 2.91 bits per heavy atom. The molecule has 11 heavy (non-hydrogen) atoms. The van der Waals surface area contributed by atoms with Crippen molar-refractivity contribution in [2.75, 3.05) is 0 Å². The van der Waals surface area contributed by atoms with Crippen molar-refractivity contribution in [3.63, 3.8) is 0 Å². The average Bonchev–Trinajstić information content (AvgIpc) is 2.69. The monoisotopic (exact) mass is 173 g/mol. The molecule has 1 aliphatic carbocycles. The lowest BCUT2D eigenvalue weighted by Gasteiger charge is -2.01. The number of rotatable bonds is 2. The van der Waals surface area contributed by atoms with Crippen molar-refractivity contribution in [1.82, 2.24) is 9.55 Å². The second-order valence-electron chi connectivity index (χ2n) is 2.69. The number of nitrogens with two attached hydrogens (primary N) is 1. The summed E-state index contributed by atoms with van der Waals surface area (Å²) < 4.78 is 2.18. The molecule has 0 bridgehead atoms. The molecule has 0 saturated heterocycles. The number of halogens is 1. The fraction of sp³-hybridized carbons (Fsp3) is 0.571. The molecule has 0 aliphatic heterocycles. The van der Waals surface area contributed by atoms with Crippen LogP contribution in [0.2, 0.25) is 0 Å². The first-order chi connectivity index (χ1) is 4.92. The van der Waals surface area contributed by atoms with Gasteiger partial charge in [-0.05, 0) is 12.8 Å². The van der Waals surface area contributed by atoms with Crippen molar-refractivity contribution in [1.29, 1.82) is 0 Å². The summed E-state index contributed by atoms with van der Waals surface area (Å²) in [6.07, 6.45) is 6.42. The summed E-state index contributed by atoms with van der Waals surface area (Å²) in [7, 11) is 0. The third kappa shape index (κ3) is 1.54. The number of imidazole rings is 1. The molecule has 2 N–H and O–H groups in total. The van der Waals surface area contributed by atoms with Gasteiger partial charge in [0.15, 0.2) is 0 Å². The van der Waals surface area contributed by atoms with E-state index in [1.807, 2.05) is 12.4 Å². The van der Waals surface area contributed by atoms with Gasteiger partial charge in [0, 0.05) is 18.4 Å². The Morgan fingerprint density at radius 1 is 1.64 bits per heavy atom. The van der Waals surface area contributed by atoms with Crippen molar-refractivity contribution >= 4 is 12.4 Å². The van der Waals surface area contributed by atoms with Crippen LogP contribution in [0.25, 0.3) is 0 Å². The van der Waals surface area contributed by atoms with Gasteiger partial charge in [-0.3, -0.25) is 0 Å². The van der Waals surface area contributed by atoms with Crippen molar-refractivity contribution in [3.8, 4) is 0 Å². The quantitative estimate of drug-likeness (QED) is 0.728. The van der Waals surface area contributed by atoms with Crippen LogP contribution in [0.1, 0.15) is 24.7 Å². The fourth-order valence-corrected chi connectivity index (χ4v) is 1.19. The third-order valence-electron chi connectivity index (χ3n) is 1.87. The first-order valence-corrected chi connectivity index (χ1v) is 3.63. The van der Waals surface area contributed by atoms with E-state index in [2.05, 4.69) is 9.55 Å². The lowest BCUT2D eigenvalue weighted by Crippen LogP contribution is -2.06. The zero-order valence-corrected chi connectivity index (χ0v) is 7.05. The van der Waals surface area contributed by atoms with Crippen LogP contribution >= 0.6 is 12.4 Å². The predicted molar refractivity (Wildman–Crippen MR) is 45.6 cm³/mol. The SMILES string of the molecule is Cl.NCc1nccn1C1CC1. The van der Waals surface area contributed by atoms with Crippen LogP contribution in [0.4, 0.5) is 0 Å². The van der Waals surface area contributed by atoms with Gasteiger partial charge in [-0.1, -0.05) is 0 Å². The zero-order chi connectivity index (χ0) is 6.97. The van der Waals surface area contributed by atoms with Gasteiger partial charge in [0.2, 0.25) is 0 Å². The zero-order valence-electron chi connectivity index (χ0n) is 6.23. The molecule has 2 rings (SSSR count). The van der Waals surface area contributed by atoms with Crippen LogP contribution in [0.15, 0.2) is 12.4 Å². The highest BCUT2D eigenvalue weighted by atomic mass is 35.5. The van der Waals surface area contributed by atoms with Crippen LogP contribution in [0, 0.1) is 0 Å². The number of hydrogen-bond acceptors (Lipinski definition) is 2. The van der Waals surface area contributed by atoms with E-state index < -0.39 is 0 Å². The van der Waals surface area contributed by atoms with Gasteiger partial charge in [0.25, 0.3) is 0 Å². The maximum Gasteiger partial charge on any atom is 0.122 e. The molecule has 1 aromatic heterocycles. The topological polar surface area (TPSA) is 43.8 Å². The highest BCUT2D eigenvalue weighted by molar-refractivity contribution is 5.85. The molecule has 0 amide bonds. The standard InChI is InChI=1S/C7H11N3.ClH/c8-5-7-9-3-4-10(7)6-1-2-6;/h3-4,6H,1-2,5,8H2;1H. The van der Waals surface area contributed by atoms with E-state index in [9.17, 15) is 0 Å². The Labute approximate surface area is 72.0 Å². The minimum absolute atomic E-state index is 0. The first-order valence-electron chi connectivity index (χ1n) is 3.63. The lowest BCUT2D eigenvalue weighted by molar-refractivity contribution is 0.682. The fourth-order valence-electron chi connectivity index (χ4n) is 1.19. The molecule has 0 aromatic carbocycles. The average molecular weight is 174 g/mol. The summed E-state index contributed by atoms with van der Waals surface area (Å²) >= 11 is 0. The van der Waals surface area contributed by atoms with Crippen molar-refractivity contribution < 1.29 is 0 Å². The molecule has 1 aliphatic rings. The Balaban J connectivity index is 0.000000605. The van der Waals surface area contributed by atoms with Gasteiger partial charge < -0.3 is 10.3 Å². The van der Waals surface area contributed by atoms with Crippen molar-refractivity contribution in [2.24, 2.45) is 5.73 Å². The maximum atomic E-state index is 5.48. The summed E-state index contributed by atoms with van der Waals surface area (Å²) in [4.78, 5) is 4.13. The van der Waals surface area contributed by atoms with Gasteiger partial charge in [0.1, 0.15) is 5.82 Å². The molecule has 4 heteroatoms. The van der Waals surface area contributed by atoms with Crippen LogP contribution in [0.3, 0.4) is 0 Å². The van der Waals surface area contributed by atoms with E-state index in [0.717, 1.165) is 5.82 Å². The third-order valence-corrected chi connectivity index (χ3v) is 1.87. The van der Waals surface area contributed by atoms with Crippen LogP contribution in [-0.4, -0.2) is 9.55 Å². The minimum atomic E-state index is 0. The van der Waals surface area contributed by atoms with E-state index >= 15 is 0 Å². The Kier molecular flexibility index (Phi) is 2.52. The summed E-state index contributed by atoms with van der Waals surface area (Å²) in [5.74, 6) is 1.02. The molecule has 3 nitrogen and oxygen atoms in total. The second-order valence-corrected chi connectivity index (χ2v) is 2.69. The molecular formula is C7H12ClN3. The molecule has 62 valence electrons. The van der Waals surface area contributed by atoms with E-state index in [0.29, 0.717) is 12.6 Å². The van der Waals surface area contributed by atoms with Crippen LogP contribution in [0.5, 0.6) is 0 Å². The first kappa shape index (κ1) is 8.56. The number of hydrogen-bond donors (Lipinski definition) is 1. The van der Waals surface area contributed by atoms with Crippen LogP contribution in [-0.2, 0) is 6.54 Å². The summed E-state index contributed by atoms with van der Waals surface area (Å²) in [6, 6.07) is 0.709. The number of aromatic nitrogens is 2. The molecule has 1 aromatic rings. The van der Waals surface area contributed by atoms with Crippen molar-refractivity contribution in [2.45, 2.75) is 25.4 Å². The Bertz CT molecular complexity index is 229. The van der Waals surface area contributed by atoms with E-state index in [4.69, 9.17) is 5.73 Å². The van der Waals surface area contributed by atoms with Gasteiger partial charge in [-0.15, -0.1) is 12.4 Å². The molecule has 0 radical (unpaired) electrons. The summed E-state index contributed by atoms with van der Waals surface area (Å²) in [5.41, 5.74) is 5.48. The highest BCUT2D eigenvalue weighted by Gasteiger charge is 2.24. The summed E-state index contributed by atoms with van der Waals surface area (Å²) in [5, 5.41) is 0. The lowest BCUT2D eigenvalue weighted by atomic mass is 10.5. The largest absolute Gasteiger partial charge is 0.331 e. The molecule has 1 heterocycles. The molecule has 0 unspecified atom stereocenters. The van der Waals surface area contributed by atoms with Gasteiger partial charge in [0.05, 0.1) is 6.54 Å². The predicted octanol–water partition coefficient (Wildman–Crippen LogP) is 1.10. The Morgan fingerprint density at radius 2 is 2.36 bits per heavy atom. The van der Waals surface area contributed by atoms with Gasteiger partial charge in [-0.25, -0.2) is 4.98 Å². The summed E-state index contributed by atoms with van der Waals surface area (Å²) in [6.45, 7) is 0.559. The smallest absolute Gasteiger partial charge is 0.122 e. The highest BCUT2D eigenvalue weighted by Crippen LogP contribution is 2.35. The van der Waals surface area contributed by atoms with Gasteiger partial charge in [-0.2, -0.15) is 0 Å². The Hall–Kier alpha value is -0.540.